The van der Waals surface area contributed by atoms with E-state index in [9.17, 15) is 9.18 Å². The number of rotatable bonds is 3. The van der Waals surface area contributed by atoms with Crippen molar-refractivity contribution in [2.24, 2.45) is 11.3 Å². The highest BCUT2D eigenvalue weighted by Gasteiger charge is 2.49. The average Bonchev–Trinajstić information content (AvgIpc) is 2.88. The second kappa shape index (κ2) is 6.05. The van der Waals surface area contributed by atoms with Crippen LogP contribution >= 0.6 is 15.9 Å². The molecule has 1 saturated carbocycles. The first-order chi connectivity index (χ1) is 10.1. The predicted octanol–water partition coefficient (Wildman–Crippen LogP) is 2.98. The minimum Gasteiger partial charge on any atom is -0.351 e. The number of hydrogen-bond acceptors (Lipinski definition) is 2. The van der Waals surface area contributed by atoms with Gasteiger partial charge in [-0.05, 0) is 49.1 Å². The van der Waals surface area contributed by atoms with Crippen LogP contribution in [0.25, 0.3) is 0 Å². The molecule has 1 amide bonds. The third kappa shape index (κ3) is 2.99. The van der Waals surface area contributed by atoms with Crippen molar-refractivity contribution in [3.05, 3.63) is 34.1 Å². The Morgan fingerprint density at radius 2 is 2.29 bits per heavy atom. The number of nitrogens with one attached hydrogen (secondary N) is 2. The van der Waals surface area contributed by atoms with Gasteiger partial charge in [-0.15, -0.1) is 0 Å². The summed E-state index contributed by atoms with van der Waals surface area (Å²) >= 11 is 3.28. The van der Waals surface area contributed by atoms with Crippen LogP contribution in [-0.2, 0) is 11.3 Å². The maximum Gasteiger partial charge on any atom is 0.228 e. The Morgan fingerprint density at radius 1 is 1.43 bits per heavy atom. The molecule has 1 aliphatic carbocycles. The Bertz CT molecular complexity index is 531. The first-order valence-electron chi connectivity index (χ1n) is 7.54. The van der Waals surface area contributed by atoms with Crippen molar-refractivity contribution in [3.8, 4) is 0 Å². The molecular weight excluding hydrogens is 335 g/mol. The summed E-state index contributed by atoms with van der Waals surface area (Å²) in [6, 6.07) is 4.72. The van der Waals surface area contributed by atoms with Crippen LogP contribution in [0.15, 0.2) is 22.7 Å². The number of hydrogen-bond donors (Lipinski definition) is 2. The predicted molar refractivity (Wildman–Crippen MR) is 83.2 cm³/mol. The van der Waals surface area contributed by atoms with Gasteiger partial charge in [-0.1, -0.05) is 28.8 Å². The van der Waals surface area contributed by atoms with Gasteiger partial charge in [0.1, 0.15) is 5.82 Å². The summed E-state index contributed by atoms with van der Waals surface area (Å²) in [5.74, 6) is 0.285. The van der Waals surface area contributed by atoms with Crippen molar-refractivity contribution in [2.75, 3.05) is 13.1 Å². The Hall–Kier alpha value is -0.940. The number of benzene rings is 1. The van der Waals surface area contributed by atoms with Crippen LogP contribution in [0.5, 0.6) is 0 Å². The normalized spacial score (nSPS) is 28.2. The molecule has 2 atom stereocenters. The lowest BCUT2D eigenvalue weighted by molar-refractivity contribution is -0.134. The van der Waals surface area contributed by atoms with E-state index in [2.05, 4.69) is 26.6 Å². The smallest absolute Gasteiger partial charge is 0.228 e. The largest absolute Gasteiger partial charge is 0.351 e. The van der Waals surface area contributed by atoms with Crippen LogP contribution in [-0.4, -0.2) is 19.0 Å². The van der Waals surface area contributed by atoms with Gasteiger partial charge < -0.3 is 10.6 Å². The lowest BCUT2D eigenvalue weighted by Crippen LogP contribution is -2.47. The fraction of sp³-hybridized carbons (Fsp3) is 0.562. The highest BCUT2D eigenvalue weighted by Crippen LogP contribution is 2.43. The molecule has 3 rings (SSSR count). The maximum absolute atomic E-state index is 13.4. The van der Waals surface area contributed by atoms with Crippen molar-refractivity contribution in [2.45, 2.75) is 32.2 Å². The summed E-state index contributed by atoms with van der Waals surface area (Å²) in [6.07, 6.45) is 4.44. The van der Waals surface area contributed by atoms with E-state index in [4.69, 9.17) is 0 Å². The van der Waals surface area contributed by atoms with Crippen LogP contribution in [0.3, 0.4) is 0 Å². The molecular formula is C16H20BrFN2O. The van der Waals surface area contributed by atoms with Gasteiger partial charge in [-0.3, -0.25) is 4.79 Å². The van der Waals surface area contributed by atoms with Crippen molar-refractivity contribution in [1.29, 1.82) is 0 Å². The fourth-order valence-corrected chi connectivity index (χ4v) is 4.27. The highest BCUT2D eigenvalue weighted by atomic mass is 79.9. The van der Waals surface area contributed by atoms with Crippen LogP contribution in [0.2, 0.25) is 0 Å². The summed E-state index contributed by atoms with van der Waals surface area (Å²) < 4.78 is 14.1. The number of carbonyl (C=O) groups is 1. The van der Waals surface area contributed by atoms with Gasteiger partial charge in [0.05, 0.1) is 5.41 Å². The van der Waals surface area contributed by atoms with Gasteiger partial charge in [0.2, 0.25) is 5.91 Å². The quantitative estimate of drug-likeness (QED) is 0.875. The topological polar surface area (TPSA) is 41.1 Å². The molecule has 0 aromatic heterocycles. The molecule has 2 N–H and O–H groups in total. The SMILES string of the molecule is O=C(NCc1cc(F)cc(Br)c1)[C@@]12CCCC[C@H]1CNC2. The Balaban J connectivity index is 1.68. The summed E-state index contributed by atoms with van der Waals surface area (Å²) in [5, 5.41) is 6.39. The van der Waals surface area contributed by atoms with E-state index in [-0.39, 0.29) is 17.1 Å². The molecule has 1 heterocycles. The lowest BCUT2D eigenvalue weighted by atomic mass is 9.67. The summed E-state index contributed by atoms with van der Waals surface area (Å²) in [6.45, 7) is 2.10. The van der Waals surface area contributed by atoms with Crippen LogP contribution in [0.4, 0.5) is 4.39 Å². The van der Waals surface area contributed by atoms with E-state index >= 15 is 0 Å². The van der Waals surface area contributed by atoms with Crippen molar-refractivity contribution < 1.29 is 9.18 Å². The molecule has 21 heavy (non-hydrogen) atoms. The first kappa shape index (κ1) is 15.0. The maximum atomic E-state index is 13.4. The van der Waals surface area contributed by atoms with Gasteiger partial charge in [0.15, 0.2) is 0 Å². The van der Waals surface area contributed by atoms with Crippen molar-refractivity contribution in [1.82, 2.24) is 10.6 Å². The second-order valence-electron chi connectivity index (χ2n) is 6.19. The molecule has 3 nitrogen and oxygen atoms in total. The summed E-state index contributed by atoms with van der Waals surface area (Å²) in [7, 11) is 0. The Morgan fingerprint density at radius 3 is 3.10 bits per heavy atom. The third-order valence-corrected chi connectivity index (χ3v) is 5.32. The van der Waals surface area contributed by atoms with Gasteiger partial charge in [0, 0.05) is 17.6 Å². The molecule has 0 radical (unpaired) electrons. The zero-order valence-electron chi connectivity index (χ0n) is 11.9. The number of halogens is 2. The third-order valence-electron chi connectivity index (χ3n) is 4.87. The van der Waals surface area contributed by atoms with Gasteiger partial charge >= 0.3 is 0 Å². The molecule has 114 valence electrons. The van der Waals surface area contributed by atoms with E-state index in [0.717, 1.165) is 37.9 Å². The Labute approximate surface area is 132 Å². The minimum absolute atomic E-state index is 0.123. The Kier molecular flexibility index (Phi) is 4.31. The molecule has 1 aliphatic heterocycles. The van der Waals surface area contributed by atoms with E-state index in [0.29, 0.717) is 16.9 Å². The molecule has 2 aliphatic rings. The minimum atomic E-state index is -0.287. The van der Waals surface area contributed by atoms with E-state index in [1.54, 1.807) is 0 Å². The van der Waals surface area contributed by atoms with E-state index in [1.165, 1.54) is 18.6 Å². The summed E-state index contributed by atoms with van der Waals surface area (Å²) in [5.41, 5.74) is 0.535. The van der Waals surface area contributed by atoms with Gasteiger partial charge in [0.25, 0.3) is 0 Å². The molecule has 0 spiro atoms. The highest BCUT2D eigenvalue weighted by molar-refractivity contribution is 9.10. The standard InChI is InChI=1S/C16H20BrFN2O/c17-13-5-11(6-14(18)7-13)8-20-15(21)16-4-2-1-3-12(16)9-19-10-16/h5-7,12,19H,1-4,8-10H2,(H,20,21)/t12-,16+/m0/s1. The number of amides is 1. The first-order valence-corrected chi connectivity index (χ1v) is 8.33. The summed E-state index contributed by atoms with van der Waals surface area (Å²) in [4.78, 5) is 12.7. The van der Waals surface area contributed by atoms with Crippen LogP contribution < -0.4 is 10.6 Å². The number of fused-ring (bicyclic) bond motifs is 1. The van der Waals surface area contributed by atoms with Crippen LogP contribution in [0, 0.1) is 17.2 Å². The van der Waals surface area contributed by atoms with Gasteiger partial charge in [-0.2, -0.15) is 0 Å². The van der Waals surface area contributed by atoms with Gasteiger partial charge in [-0.25, -0.2) is 4.39 Å². The van der Waals surface area contributed by atoms with E-state index in [1.807, 2.05) is 6.07 Å². The molecule has 1 saturated heterocycles. The van der Waals surface area contributed by atoms with Crippen molar-refractivity contribution in [3.63, 3.8) is 0 Å². The molecule has 5 heteroatoms. The van der Waals surface area contributed by atoms with Crippen molar-refractivity contribution >= 4 is 21.8 Å². The zero-order chi connectivity index (χ0) is 14.9. The average molecular weight is 355 g/mol. The second-order valence-corrected chi connectivity index (χ2v) is 7.11. The molecule has 1 aromatic carbocycles. The monoisotopic (exact) mass is 354 g/mol. The molecule has 0 unspecified atom stereocenters. The number of carbonyl (C=O) groups excluding carboxylic acids is 1. The zero-order valence-corrected chi connectivity index (χ0v) is 13.5. The molecule has 1 aromatic rings. The van der Waals surface area contributed by atoms with E-state index < -0.39 is 0 Å². The molecule has 0 bridgehead atoms. The lowest BCUT2D eigenvalue weighted by Gasteiger charge is -2.37. The molecule has 2 fully saturated rings. The fourth-order valence-electron chi connectivity index (χ4n) is 3.76. The van der Waals surface area contributed by atoms with Crippen LogP contribution in [0.1, 0.15) is 31.2 Å².